The van der Waals surface area contributed by atoms with Crippen LogP contribution in [0, 0.1) is 0 Å². The molecule has 0 aliphatic heterocycles. The number of amides is 1. The summed E-state index contributed by atoms with van der Waals surface area (Å²) in [5.74, 6) is -0.934. The van der Waals surface area contributed by atoms with Crippen molar-refractivity contribution in [3.63, 3.8) is 0 Å². The van der Waals surface area contributed by atoms with Gasteiger partial charge in [-0.05, 0) is 30.4 Å². The van der Waals surface area contributed by atoms with Crippen LogP contribution in [0.25, 0.3) is 11.0 Å². The summed E-state index contributed by atoms with van der Waals surface area (Å²) in [7, 11) is 0. The van der Waals surface area contributed by atoms with Crippen LogP contribution in [0.2, 0.25) is 0 Å². The molecular weight excluding hydrogens is 441 g/mol. The molecule has 188 valence electrons. The van der Waals surface area contributed by atoms with Gasteiger partial charge in [0.05, 0.1) is 11.8 Å². The third-order valence-corrected chi connectivity index (χ3v) is 4.29. The number of H-pyrrole nitrogens is 2. The largest absolute Gasteiger partial charge is 0.369 e. The van der Waals surface area contributed by atoms with Gasteiger partial charge < -0.3 is 16.0 Å². The molecule has 0 aliphatic carbocycles. The number of aromatic nitrogens is 3. The molecular formula is C24H36FN5O4. The highest BCUT2D eigenvalue weighted by Crippen LogP contribution is 2.12. The number of aryl methyl sites for hydroxylation is 2. The van der Waals surface area contributed by atoms with Gasteiger partial charge in [-0.3, -0.25) is 19.5 Å². The molecule has 0 atom stereocenters. The monoisotopic (exact) mass is 477 g/mol. The van der Waals surface area contributed by atoms with Crippen LogP contribution in [0.15, 0.2) is 41.3 Å². The van der Waals surface area contributed by atoms with Crippen LogP contribution < -0.4 is 16.6 Å². The van der Waals surface area contributed by atoms with E-state index >= 15 is 0 Å². The quantitative estimate of drug-likeness (QED) is 0.395. The molecule has 10 heteroatoms. The van der Waals surface area contributed by atoms with Crippen molar-refractivity contribution in [2.24, 2.45) is 0 Å². The Morgan fingerprint density at radius 1 is 1.15 bits per heavy atom. The second-order valence-corrected chi connectivity index (χ2v) is 6.72. The number of nitrogen functional groups attached to an aromatic ring is 1. The Bertz CT molecular complexity index is 1030. The SMILES string of the molecule is CC.CC(=O)NCCCC(=O)OF.CCc1c[nH]c2nc(N)[nH]c(=O)c12.CCc1ccccc1. The first-order valence-corrected chi connectivity index (χ1v) is 11.3. The minimum absolute atomic E-state index is 0.0171. The number of carbonyl (C=O) groups excluding carboxylic acids is 2. The van der Waals surface area contributed by atoms with Gasteiger partial charge in [0.25, 0.3) is 5.56 Å². The van der Waals surface area contributed by atoms with Crippen LogP contribution >= 0.6 is 0 Å². The summed E-state index contributed by atoms with van der Waals surface area (Å²) in [6.45, 7) is 9.88. The molecule has 3 aromatic rings. The van der Waals surface area contributed by atoms with Gasteiger partial charge in [0, 0.05) is 24.2 Å². The number of halogens is 1. The fourth-order valence-corrected chi connectivity index (χ4v) is 2.65. The molecule has 2 heterocycles. The van der Waals surface area contributed by atoms with Crippen molar-refractivity contribution >= 4 is 28.9 Å². The molecule has 3 rings (SSSR count). The molecule has 2 aromatic heterocycles. The molecule has 0 saturated heterocycles. The number of benzene rings is 1. The van der Waals surface area contributed by atoms with Crippen molar-refractivity contribution < 1.29 is 19.1 Å². The number of rotatable bonds is 6. The van der Waals surface area contributed by atoms with Gasteiger partial charge in [-0.2, -0.15) is 4.98 Å². The highest BCUT2D eigenvalue weighted by atomic mass is 19.3. The molecule has 0 saturated carbocycles. The summed E-state index contributed by atoms with van der Waals surface area (Å²) in [4.78, 5) is 44.1. The van der Waals surface area contributed by atoms with E-state index in [1.807, 2.05) is 26.8 Å². The molecule has 5 N–H and O–H groups in total. The molecule has 34 heavy (non-hydrogen) atoms. The zero-order chi connectivity index (χ0) is 25.9. The lowest BCUT2D eigenvalue weighted by Crippen LogP contribution is -2.21. The molecule has 0 bridgehead atoms. The van der Waals surface area contributed by atoms with E-state index in [9.17, 15) is 18.9 Å². The standard InChI is InChI=1S/C8H10N4O.C8H10.C6H10FNO3.C2H6/c1-2-4-3-10-6-5(4)7(13)12-8(9)11-6;1-2-8-6-4-3-5-7-8;1-5(9)8-4-2-3-6(10)11-7;1-2/h3H,2H2,1H3,(H4,9,10,11,12,13);3-7H,2H2,1H3;2-4H2,1H3,(H,8,9);1-2H3. The van der Waals surface area contributed by atoms with E-state index < -0.39 is 5.97 Å². The first-order valence-electron chi connectivity index (χ1n) is 11.3. The average molecular weight is 478 g/mol. The number of aromatic amines is 2. The van der Waals surface area contributed by atoms with Gasteiger partial charge in [0.1, 0.15) is 5.65 Å². The van der Waals surface area contributed by atoms with E-state index in [0.29, 0.717) is 24.0 Å². The first kappa shape index (κ1) is 30.3. The molecule has 0 aliphatic rings. The molecule has 1 aromatic carbocycles. The maximum absolute atomic E-state index is 11.4. The van der Waals surface area contributed by atoms with Crippen molar-refractivity contribution in [2.45, 2.75) is 60.3 Å². The van der Waals surface area contributed by atoms with Crippen LogP contribution in [-0.2, 0) is 27.4 Å². The van der Waals surface area contributed by atoms with E-state index in [4.69, 9.17) is 5.73 Å². The van der Waals surface area contributed by atoms with Gasteiger partial charge in [-0.25, -0.2) is 4.79 Å². The van der Waals surface area contributed by atoms with Crippen molar-refractivity contribution in [1.29, 1.82) is 0 Å². The second kappa shape index (κ2) is 17.8. The van der Waals surface area contributed by atoms with Crippen LogP contribution in [-0.4, -0.2) is 33.4 Å². The highest BCUT2D eigenvalue weighted by molar-refractivity contribution is 5.79. The number of hydrogen-bond donors (Lipinski definition) is 4. The number of fused-ring (bicyclic) bond motifs is 1. The normalized spacial score (nSPS) is 9.35. The van der Waals surface area contributed by atoms with E-state index in [-0.39, 0.29) is 23.8 Å². The maximum Gasteiger partial charge on any atom is 0.348 e. The van der Waals surface area contributed by atoms with Gasteiger partial charge in [-0.15, -0.1) is 0 Å². The highest BCUT2D eigenvalue weighted by Gasteiger charge is 2.07. The second-order valence-electron chi connectivity index (χ2n) is 6.72. The number of nitrogens with two attached hydrogens (primary N) is 1. The molecule has 1 amide bonds. The maximum atomic E-state index is 11.4. The topological polar surface area (TPSA) is 143 Å². The first-order chi connectivity index (χ1) is 16.3. The van der Waals surface area contributed by atoms with E-state index in [2.05, 4.69) is 56.4 Å². The van der Waals surface area contributed by atoms with E-state index in [0.717, 1.165) is 18.4 Å². The predicted molar refractivity (Wildman–Crippen MR) is 133 cm³/mol. The zero-order valence-electron chi connectivity index (χ0n) is 20.5. The predicted octanol–water partition coefficient (Wildman–Crippen LogP) is 4.00. The summed E-state index contributed by atoms with van der Waals surface area (Å²) in [5, 5.41) is 3.06. The Morgan fingerprint density at radius 2 is 1.79 bits per heavy atom. The van der Waals surface area contributed by atoms with E-state index in [1.54, 1.807) is 6.20 Å². The number of hydrogen-bond acceptors (Lipinski definition) is 6. The van der Waals surface area contributed by atoms with Crippen LogP contribution in [0.5, 0.6) is 0 Å². The lowest BCUT2D eigenvalue weighted by atomic mass is 10.2. The van der Waals surface area contributed by atoms with Crippen molar-refractivity contribution in [1.82, 2.24) is 20.3 Å². The molecule has 0 fully saturated rings. The Hall–Kier alpha value is -3.69. The summed E-state index contributed by atoms with van der Waals surface area (Å²) in [6, 6.07) is 10.5. The Kier molecular flexibility index (Phi) is 15.9. The van der Waals surface area contributed by atoms with Crippen molar-refractivity contribution in [3.05, 3.63) is 58.0 Å². The number of carbonyl (C=O) groups is 2. The lowest BCUT2D eigenvalue weighted by Gasteiger charge is -1.98. The lowest BCUT2D eigenvalue weighted by molar-refractivity contribution is -0.183. The third-order valence-electron chi connectivity index (χ3n) is 4.29. The third kappa shape index (κ3) is 11.8. The van der Waals surface area contributed by atoms with Crippen LogP contribution in [0.3, 0.4) is 0 Å². The summed E-state index contributed by atoms with van der Waals surface area (Å²) in [5.41, 5.74) is 8.13. The summed E-state index contributed by atoms with van der Waals surface area (Å²) in [6.07, 6.45) is 4.10. The number of nitrogens with one attached hydrogen (secondary N) is 3. The molecule has 0 unspecified atom stereocenters. The minimum Gasteiger partial charge on any atom is -0.369 e. The Balaban J connectivity index is 0.000000475. The summed E-state index contributed by atoms with van der Waals surface area (Å²) >= 11 is 0. The summed E-state index contributed by atoms with van der Waals surface area (Å²) < 4.78 is 11.0. The molecule has 9 nitrogen and oxygen atoms in total. The minimum atomic E-state index is -0.907. The van der Waals surface area contributed by atoms with Gasteiger partial charge in [0.2, 0.25) is 11.9 Å². The Morgan fingerprint density at radius 3 is 2.29 bits per heavy atom. The number of anilines is 1. The fourth-order valence-electron chi connectivity index (χ4n) is 2.65. The average Bonchev–Trinajstić information content (AvgIpc) is 3.27. The number of nitrogens with zero attached hydrogens (tertiary/aromatic N) is 1. The van der Waals surface area contributed by atoms with Gasteiger partial charge in [-0.1, -0.05) is 58.0 Å². The van der Waals surface area contributed by atoms with Crippen LogP contribution in [0.1, 0.15) is 58.6 Å². The molecule has 0 radical (unpaired) electrons. The zero-order valence-corrected chi connectivity index (χ0v) is 20.5. The van der Waals surface area contributed by atoms with Gasteiger partial charge >= 0.3 is 5.97 Å². The van der Waals surface area contributed by atoms with Gasteiger partial charge in [0.15, 0.2) is 0 Å². The van der Waals surface area contributed by atoms with Crippen LogP contribution in [0.4, 0.5) is 10.5 Å². The van der Waals surface area contributed by atoms with Crippen molar-refractivity contribution in [3.8, 4) is 0 Å². The Labute approximate surface area is 199 Å². The smallest absolute Gasteiger partial charge is 0.348 e. The van der Waals surface area contributed by atoms with E-state index in [1.165, 1.54) is 12.5 Å². The molecule has 0 spiro atoms. The van der Waals surface area contributed by atoms with Crippen molar-refractivity contribution in [2.75, 3.05) is 12.3 Å². The fraction of sp³-hybridized carbons (Fsp3) is 0.417.